The van der Waals surface area contributed by atoms with Crippen molar-refractivity contribution < 1.29 is 9.72 Å². The third-order valence-electron chi connectivity index (χ3n) is 2.64. The fourth-order valence-corrected chi connectivity index (χ4v) is 2.69. The summed E-state index contributed by atoms with van der Waals surface area (Å²) in [6, 6.07) is 11.7. The molecule has 0 N–H and O–H groups in total. The molecule has 0 aliphatic heterocycles. The smallest absolute Gasteiger partial charge is 0.270 e. The first-order valence-corrected chi connectivity index (χ1v) is 7.07. The number of hydrogen-bond donors (Lipinski definition) is 0. The van der Waals surface area contributed by atoms with Crippen LogP contribution in [-0.4, -0.2) is 11.2 Å². The van der Waals surface area contributed by atoms with E-state index < -0.39 is 4.92 Å². The fourth-order valence-electron chi connectivity index (χ4n) is 1.61. The van der Waals surface area contributed by atoms with Crippen molar-refractivity contribution in [2.75, 3.05) is 0 Å². The third kappa shape index (κ3) is 3.59. The van der Waals surface area contributed by atoms with Crippen LogP contribution in [0.4, 0.5) is 5.69 Å². The lowest BCUT2D eigenvalue weighted by Crippen LogP contribution is -1.92. The molecule has 2 aromatic rings. The molecule has 0 spiro atoms. The molecule has 0 saturated heterocycles. The van der Waals surface area contributed by atoms with Crippen molar-refractivity contribution in [1.29, 1.82) is 0 Å². The van der Waals surface area contributed by atoms with Crippen LogP contribution in [0, 0.1) is 10.1 Å². The average molecular weight is 308 g/mol. The van der Waals surface area contributed by atoms with Crippen molar-refractivity contribution >= 4 is 35.3 Å². The summed E-state index contributed by atoms with van der Waals surface area (Å²) in [4.78, 5) is 21.9. The Hall–Kier alpha value is -1.85. The molecule has 2 rings (SSSR count). The number of hydrogen-bond acceptors (Lipinski definition) is 4. The second-order valence-corrected chi connectivity index (χ2v) is 5.47. The molecule has 0 atom stereocenters. The number of benzene rings is 2. The van der Waals surface area contributed by atoms with Crippen molar-refractivity contribution in [2.45, 2.75) is 10.6 Å². The number of nitrogens with zero attached hydrogens (tertiary/aromatic N) is 1. The van der Waals surface area contributed by atoms with Crippen LogP contribution in [-0.2, 0) is 5.75 Å². The van der Waals surface area contributed by atoms with Gasteiger partial charge in [0.05, 0.1) is 4.92 Å². The highest BCUT2D eigenvalue weighted by Crippen LogP contribution is 2.28. The number of carbonyl (C=O) groups excluding carboxylic acids is 1. The van der Waals surface area contributed by atoms with Crippen LogP contribution in [0.5, 0.6) is 0 Å². The number of aldehydes is 1. The van der Waals surface area contributed by atoms with Gasteiger partial charge in [-0.05, 0) is 23.8 Å². The molecule has 6 heteroatoms. The highest BCUT2D eigenvalue weighted by molar-refractivity contribution is 7.98. The van der Waals surface area contributed by atoms with Crippen LogP contribution in [0.3, 0.4) is 0 Å². The predicted octanol–water partition coefficient (Wildman–Crippen LogP) is 4.35. The van der Waals surface area contributed by atoms with Crippen molar-refractivity contribution in [2.24, 2.45) is 0 Å². The maximum atomic E-state index is 11.0. The summed E-state index contributed by atoms with van der Waals surface area (Å²) >= 11 is 7.26. The molecule has 102 valence electrons. The Labute approximate surface area is 124 Å². The van der Waals surface area contributed by atoms with E-state index in [0.29, 0.717) is 22.6 Å². The van der Waals surface area contributed by atoms with Crippen LogP contribution < -0.4 is 0 Å². The lowest BCUT2D eigenvalue weighted by molar-refractivity contribution is -0.384. The molecule has 0 amide bonds. The van der Waals surface area contributed by atoms with Gasteiger partial charge in [-0.1, -0.05) is 23.7 Å². The van der Waals surface area contributed by atoms with Crippen molar-refractivity contribution in [3.05, 3.63) is 68.7 Å². The Morgan fingerprint density at radius 2 is 1.90 bits per heavy atom. The van der Waals surface area contributed by atoms with Gasteiger partial charge < -0.3 is 0 Å². The summed E-state index contributed by atoms with van der Waals surface area (Å²) in [6.45, 7) is 0. The second-order valence-electron chi connectivity index (χ2n) is 4.01. The Balaban J connectivity index is 2.14. The largest absolute Gasteiger partial charge is 0.298 e. The van der Waals surface area contributed by atoms with E-state index in [4.69, 9.17) is 11.6 Å². The molecule has 0 fully saturated rings. The number of nitro benzene ring substituents is 1. The number of rotatable bonds is 5. The van der Waals surface area contributed by atoms with Crippen molar-refractivity contribution in [1.82, 2.24) is 0 Å². The van der Waals surface area contributed by atoms with Crippen LogP contribution in [0.25, 0.3) is 0 Å². The normalized spacial score (nSPS) is 10.2. The SMILES string of the molecule is O=Cc1cc([N+](=O)[O-])ccc1SCc1ccc(Cl)cc1. The molecule has 2 aromatic carbocycles. The van der Waals surface area contributed by atoms with Gasteiger partial charge >= 0.3 is 0 Å². The number of nitro groups is 1. The quantitative estimate of drug-likeness (QED) is 0.356. The summed E-state index contributed by atoms with van der Waals surface area (Å²) in [5, 5.41) is 11.3. The van der Waals surface area contributed by atoms with Crippen LogP contribution >= 0.6 is 23.4 Å². The monoisotopic (exact) mass is 307 g/mol. The second kappa shape index (κ2) is 6.54. The summed E-state index contributed by atoms with van der Waals surface area (Å²) in [5.41, 5.74) is 1.32. The minimum atomic E-state index is -0.513. The summed E-state index contributed by atoms with van der Waals surface area (Å²) in [7, 11) is 0. The van der Waals surface area contributed by atoms with E-state index in [2.05, 4.69) is 0 Å². The predicted molar refractivity (Wildman–Crippen MR) is 79.5 cm³/mol. The number of non-ortho nitro benzene ring substituents is 1. The molecular formula is C14H10ClNO3S. The Morgan fingerprint density at radius 1 is 1.20 bits per heavy atom. The molecular weight excluding hydrogens is 298 g/mol. The van der Waals surface area contributed by atoms with Crippen molar-refractivity contribution in [3.63, 3.8) is 0 Å². The Kier molecular flexibility index (Phi) is 4.76. The van der Waals surface area contributed by atoms with E-state index in [1.807, 2.05) is 12.1 Å². The van der Waals surface area contributed by atoms with E-state index in [1.54, 1.807) is 18.2 Å². The third-order valence-corrected chi connectivity index (χ3v) is 4.05. The molecule has 0 heterocycles. The first-order valence-electron chi connectivity index (χ1n) is 5.71. The van der Waals surface area contributed by atoms with Gasteiger partial charge in [0, 0.05) is 33.4 Å². The molecule has 0 saturated carbocycles. The van der Waals surface area contributed by atoms with Gasteiger partial charge in [0.25, 0.3) is 5.69 Å². The molecule has 0 aromatic heterocycles. The molecule has 0 radical (unpaired) electrons. The van der Waals surface area contributed by atoms with Gasteiger partial charge in [-0.3, -0.25) is 14.9 Å². The summed E-state index contributed by atoms with van der Waals surface area (Å²) < 4.78 is 0. The average Bonchev–Trinajstić information content (AvgIpc) is 2.46. The Morgan fingerprint density at radius 3 is 2.50 bits per heavy atom. The standard InChI is InChI=1S/C14H10ClNO3S/c15-12-3-1-10(2-4-12)9-20-14-6-5-13(16(18)19)7-11(14)8-17/h1-8H,9H2. The maximum absolute atomic E-state index is 11.0. The molecule has 0 aliphatic rings. The zero-order valence-electron chi connectivity index (χ0n) is 10.3. The lowest BCUT2D eigenvalue weighted by Gasteiger charge is -2.05. The van der Waals surface area contributed by atoms with E-state index >= 15 is 0 Å². The zero-order valence-corrected chi connectivity index (χ0v) is 11.9. The number of halogens is 1. The van der Waals surface area contributed by atoms with Crippen LogP contribution in [0.15, 0.2) is 47.4 Å². The summed E-state index contributed by atoms with van der Waals surface area (Å²) in [6.07, 6.45) is 0.636. The molecule has 20 heavy (non-hydrogen) atoms. The van der Waals surface area contributed by atoms with Crippen LogP contribution in [0.2, 0.25) is 5.02 Å². The molecule has 0 unspecified atom stereocenters. The van der Waals surface area contributed by atoms with Gasteiger partial charge in [0.2, 0.25) is 0 Å². The number of carbonyl (C=O) groups is 1. The van der Waals surface area contributed by atoms with Gasteiger partial charge in [0.15, 0.2) is 6.29 Å². The highest BCUT2D eigenvalue weighted by Gasteiger charge is 2.10. The topological polar surface area (TPSA) is 60.2 Å². The molecule has 0 bridgehead atoms. The van der Waals surface area contributed by atoms with Gasteiger partial charge in [-0.15, -0.1) is 11.8 Å². The maximum Gasteiger partial charge on any atom is 0.270 e. The van der Waals surface area contributed by atoms with E-state index in [-0.39, 0.29) is 5.69 Å². The minimum absolute atomic E-state index is 0.0806. The lowest BCUT2D eigenvalue weighted by atomic mass is 10.2. The fraction of sp³-hybridized carbons (Fsp3) is 0.0714. The van der Waals surface area contributed by atoms with Crippen molar-refractivity contribution in [3.8, 4) is 0 Å². The Bertz CT molecular complexity index is 643. The van der Waals surface area contributed by atoms with Gasteiger partial charge in [0.1, 0.15) is 0 Å². The number of thioether (sulfide) groups is 1. The first-order chi connectivity index (χ1) is 9.60. The minimum Gasteiger partial charge on any atom is -0.298 e. The van der Waals surface area contributed by atoms with E-state index in [1.165, 1.54) is 23.9 Å². The highest BCUT2D eigenvalue weighted by atomic mass is 35.5. The van der Waals surface area contributed by atoms with Gasteiger partial charge in [-0.25, -0.2) is 0 Å². The van der Waals surface area contributed by atoms with Crippen LogP contribution in [0.1, 0.15) is 15.9 Å². The summed E-state index contributed by atoms with van der Waals surface area (Å²) in [5.74, 6) is 0.663. The molecule has 0 aliphatic carbocycles. The van der Waals surface area contributed by atoms with E-state index in [9.17, 15) is 14.9 Å². The molecule has 4 nitrogen and oxygen atoms in total. The van der Waals surface area contributed by atoms with Gasteiger partial charge in [-0.2, -0.15) is 0 Å². The zero-order chi connectivity index (χ0) is 14.5. The van der Waals surface area contributed by atoms with E-state index in [0.717, 1.165) is 10.5 Å². The first kappa shape index (κ1) is 14.6.